The van der Waals surface area contributed by atoms with E-state index in [1.54, 1.807) is 36.1 Å². The van der Waals surface area contributed by atoms with Gasteiger partial charge in [-0.2, -0.15) is 5.10 Å². The topological polar surface area (TPSA) is 85.2 Å². The maximum absolute atomic E-state index is 12.5. The fourth-order valence-corrected chi connectivity index (χ4v) is 3.53. The molecule has 0 fully saturated rings. The Labute approximate surface area is 172 Å². The number of rotatable bonds is 5. The molecule has 0 aliphatic carbocycles. The monoisotopic (exact) mass is 410 g/mol. The number of hydrogen-bond donors (Lipinski definition) is 2. The van der Waals surface area contributed by atoms with Gasteiger partial charge in [0.05, 0.1) is 19.2 Å². The molecule has 8 heteroatoms. The van der Waals surface area contributed by atoms with Gasteiger partial charge in [0.1, 0.15) is 17.6 Å². The van der Waals surface area contributed by atoms with Crippen molar-refractivity contribution < 1.29 is 14.3 Å². The molecule has 1 aromatic heterocycles. The lowest BCUT2D eigenvalue weighted by Crippen LogP contribution is -2.23. The van der Waals surface area contributed by atoms with Crippen LogP contribution in [0.2, 0.25) is 5.02 Å². The Hall–Kier alpha value is -3.32. The van der Waals surface area contributed by atoms with Crippen LogP contribution in [0.3, 0.4) is 0 Å². The Morgan fingerprint density at radius 3 is 2.55 bits per heavy atom. The molecule has 1 atom stereocenters. The van der Waals surface area contributed by atoms with Gasteiger partial charge in [0, 0.05) is 16.3 Å². The summed E-state index contributed by atoms with van der Waals surface area (Å²) in [5.41, 5.74) is 3.14. The van der Waals surface area contributed by atoms with E-state index in [2.05, 4.69) is 15.7 Å². The van der Waals surface area contributed by atoms with Crippen molar-refractivity contribution in [1.29, 1.82) is 0 Å². The third-order valence-electron chi connectivity index (χ3n) is 4.81. The summed E-state index contributed by atoms with van der Waals surface area (Å²) in [6, 6.07) is 13.6. The first kappa shape index (κ1) is 19.0. The lowest BCUT2D eigenvalue weighted by Gasteiger charge is -2.10. The van der Waals surface area contributed by atoms with Crippen LogP contribution in [-0.4, -0.2) is 28.7 Å². The van der Waals surface area contributed by atoms with Crippen LogP contribution in [0.4, 0.5) is 11.5 Å². The number of hydrogen-bond acceptors (Lipinski definition) is 4. The Bertz CT molecular complexity index is 1070. The molecule has 148 valence electrons. The van der Waals surface area contributed by atoms with Crippen molar-refractivity contribution in [2.45, 2.75) is 19.4 Å². The van der Waals surface area contributed by atoms with Crippen LogP contribution in [-0.2, 0) is 9.59 Å². The summed E-state index contributed by atoms with van der Waals surface area (Å²) >= 11 is 5.86. The molecular formula is C21H19ClN4O3. The first-order valence-corrected chi connectivity index (χ1v) is 9.44. The number of benzene rings is 2. The molecule has 2 aromatic carbocycles. The van der Waals surface area contributed by atoms with Gasteiger partial charge in [0.2, 0.25) is 5.91 Å². The number of amides is 2. The number of methoxy groups -OCH3 is 1. The molecule has 2 amide bonds. The summed E-state index contributed by atoms with van der Waals surface area (Å²) in [7, 11) is 1.61. The van der Waals surface area contributed by atoms with E-state index >= 15 is 0 Å². The molecule has 1 unspecified atom stereocenters. The van der Waals surface area contributed by atoms with Gasteiger partial charge in [-0.25, -0.2) is 4.68 Å². The second kappa shape index (κ2) is 7.60. The van der Waals surface area contributed by atoms with Crippen LogP contribution >= 0.6 is 11.6 Å². The van der Waals surface area contributed by atoms with Crippen LogP contribution in [0.1, 0.15) is 18.2 Å². The number of carbonyl (C=O) groups is 2. The summed E-state index contributed by atoms with van der Waals surface area (Å²) in [5.74, 6) is 0.811. The standard InChI is InChI=1S/C21H19ClN4O3/c1-12-19(13-3-9-16(29-2)10-4-13)20-24-21(28)17(26(20)25-12)11-18(27)23-15-7-5-14(22)6-8-15/h3-10,17H,11H2,1-2H3,(H,23,27)(H,24,28). The molecule has 0 saturated heterocycles. The molecule has 0 bridgehead atoms. The van der Waals surface area contributed by atoms with Gasteiger partial charge in [-0.3, -0.25) is 9.59 Å². The molecule has 29 heavy (non-hydrogen) atoms. The summed E-state index contributed by atoms with van der Waals surface area (Å²) in [6.45, 7) is 1.88. The van der Waals surface area contributed by atoms with Gasteiger partial charge in [-0.05, 0) is 48.9 Å². The SMILES string of the molecule is COc1ccc(-c2c(C)nn3c2NC(=O)C3CC(=O)Nc2ccc(Cl)cc2)cc1. The van der Waals surface area contributed by atoms with Gasteiger partial charge < -0.3 is 15.4 Å². The van der Waals surface area contributed by atoms with E-state index in [1.807, 2.05) is 31.2 Å². The molecule has 0 spiro atoms. The van der Waals surface area contributed by atoms with Crippen LogP contribution < -0.4 is 15.4 Å². The average Bonchev–Trinajstić information content (AvgIpc) is 3.17. The molecule has 1 aliphatic rings. The van der Waals surface area contributed by atoms with Crippen molar-refractivity contribution >= 4 is 34.9 Å². The Morgan fingerprint density at radius 2 is 1.90 bits per heavy atom. The average molecular weight is 411 g/mol. The molecule has 0 radical (unpaired) electrons. The quantitative estimate of drug-likeness (QED) is 0.664. The molecule has 0 saturated carbocycles. The van der Waals surface area contributed by atoms with Crippen LogP contribution in [0.25, 0.3) is 11.1 Å². The Morgan fingerprint density at radius 1 is 1.21 bits per heavy atom. The second-order valence-corrected chi connectivity index (χ2v) is 7.18. The smallest absolute Gasteiger partial charge is 0.251 e. The minimum atomic E-state index is -0.706. The molecular weight excluding hydrogens is 392 g/mol. The predicted octanol–water partition coefficient (Wildman–Crippen LogP) is 4.04. The molecule has 4 rings (SSSR count). The fourth-order valence-electron chi connectivity index (χ4n) is 3.41. The predicted molar refractivity (Wildman–Crippen MR) is 111 cm³/mol. The van der Waals surface area contributed by atoms with Crippen molar-refractivity contribution in [2.24, 2.45) is 0 Å². The van der Waals surface area contributed by atoms with Gasteiger partial charge in [0.25, 0.3) is 5.91 Å². The number of aryl methyl sites for hydroxylation is 1. The van der Waals surface area contributed by atoms with Crippen LogP contribution in [0, 0.1) is 6.92 Å². The summed E-state index contributed by atoms with van der Waals surface area (Å²) < 4.78 is 6.80. The van der Waals surface area contributed by atoms with Gasteiger partial charge in [-0.1, -0.05) is 23.7 Å². The van der Waals surface area contributed by atoms with Crippen LogP contribution in [0.15, 0.2) is 48.5 Å². The highest BCUT2D eigenvalue weighted by Crippen LogP contribution is 2.38. The number of ether oxygens (including phenoxy) is 1. The van der Waals surface area contributed by atoms with E-state index in [9.17, 15) is 9.59 Å². The lowest BCUT2D eigenvalue weighted by molar-refractivity contribution is -0.123. The molecule has 3 aromatic rings. The summed E-state index contributed by atoms with van der Waals surface area (Å²) in [5, 5.41) is 10.8. The van der Waals surface area contributed by atoms with Crippen molar-refractivity contribution in [1.82, 2.24) is 9.78 Å². The van der Waals surface area contributed by atoms with Crippen LogP contribution in [0.5, 0.6) is 5.75 Å². The third-order valence-corrected chi connectivity index (χ3v) is 5.06. The van der Waals surface area contributed by atoms with Crippen molar-refractivity contribution in [3.8, 4) is 16.9 Å². The highest BCUT2D eigenvalue weighted by Gasteiger charge is 2.36. The normalized spacial score (nSPS) is 15.0. The molecule has 7 nitrogen and oxygen atoms in total. The van der Waals surface area contributed by atoms with Crippen molar-refractivity contribution in [3.63, 3.8) is 0 Å². The third kappa shape index (κ3) is 3.69. The first-order chi connectivity index (χ1) is 14.0. The largest absolute Gasteiger partial charge is 0.497 e. The van der Waals surface area contributed by atoms with Gasteiger partial charge in [-0.15, -0.1) is 0 Å². The maximum Gasteiger partial charge on any atom is 0.251 e. The van der Waals surface area contributed by atoms with E-state index in [0.717, 1.165) is 22.6 Å². The van der Waals surface area contributed by atoms with Crippen molar-refractivity contribution in [3.05, 3.63) is 59.2 Å². The van der Waals surface area contributed by atoms with Gasteiger partial charge in [0.15, 0.2) is 0 Å². The molecule has 1 aliphatic heterocycles. The fraction of sp³-hybridized carbons (Fsp3) is 0.190. The number of halogens is 1. The number of anilines is 2. The second-order valence-electron chi connectivity index (χ2n) is 6.75. The van der Waals surface area contributed by atoms with E-state index in [0.29, 0.717) is 16.5 Å². The molecule has 2 N–H and O–H groups in total. The van der Waals surface area contributed by atoms with Crippen molar-refractivity contribution in [2.75, 3.05) is 17.7 Å². The Kier molecular flexibility index (Phi) is 4.98. The van der Waals surface area contributed by atoms with Gasteiger partial charge >= 0.3 is 0 Å². The minimum absolute atomic E-state index is 0.0232. The molecule has 2 heterocycles. The zero-order valence-corrected chi connectivity index (χ0v) is 16.7. The number of aromatic nitrogens is 2. The Balaban J connectivity index is 1.56. The zero-order valence-electron chi connectivity index (χ0n) is 15.9. The van der Waals surface area contributed by atoms with E-state index in [4.69, 9.17) is 16.3 Å². The number of fused-ring (bicyclic) bond motifs is 1. The number of carbonyl (C=O) groups excluding carboxylic acids is 2. The lowest BCUT2D eigenvalue weighted by atomic mass is 10.1. The van der Waals surface area contributed by atoms with E-state index in [-0.39, 0.29) is 18.2 Å². The number of nitrogens with zero attached hydrogens (tertiary/aromatic N) is 2. The summed E-state index contributed by atoms with van der Waals surface area (Å²) in [6.07, 6.45) is -0.0232. The minimum Gasteiger partial charge on any atom is -0.497 e. The van der Waals surface area contributed by atoms with E-state index < -0.39 is 6.04 Å². The summed E-state index contributed by atoms with van der Waals surface area (Å²) in [4.78, 5) is 25.0. The first-order valence-electron chi connectivity index (χ1n) is 9.06. The van der Waals surface area contributed by atoms with E-state index in [1.165, 1.54) is 0 Å². The number of nitrogens with one attached hydrogen (secondary N) is 2. The highest BCUT2D eigenvalue weighted by molar-refractivity contribution is 6.30. The zero-order chi connectivity index (χ0) is 20.5. The maximum atomic E-state index is 12.5. The highest BCUT2D eigenvalue weighted by atomic mass is 35.5.